The van der Waals surface area contributed by atoms with Crippen molar-refractivity contribution in [3.63, 3.8) is 0 Å². The minimum Gasteiger partial charge on any atom is -0.469 e. The van der Waals surface area contributed by atoms with Crippen LogP contribution in [0.25, 0.3) is 0 Å². The van der Waals surface area contributed by atoms with Crippen LogP contribution in [-0.4, -0.2) is 29.9 Å². The van der Waals surface area contributed by atoms with Crippen molar-refractivity contribution in [2.24, 2.45) is 5.92 Å². The van der Waals surface area contributed by atoms with Crippen LogP contribution in [0.2, 0.25) is 0 Å². The monoisotopic (exact) mass is 210 g/mol. The second-order valence-electron chi connectivity index (χ2n) is 3.59. The van der Waals surface area contributed by atoms with Gasteiger partial charge in [0.1, 0.15) is 0 Å². The minimum atomic E-state index is -0.218. The number of carbonyl (C=O) groups excluding carboxylic acids is 1. The van der Waals surface area contributed by atoms with Crippen molar-refractivity contribution in [3.05, 3.63) is 18.0 Å². The molecule has 1 aliphatic rings. The Kier molecular flexibility index (Phi) is 3.01. The largest absolute Gasteiger partial charge is 0.469 e. The SMILES string of the molecule is COC(=O)C1CCCOC1c1cn[nH]c1. The highest BCUT2D eigenvalue weighted by atomic mass is 16.5. The molecule has 2 atom stereocenters. The summed E-state index contributed by atoms with van der Waals surface area (Å²) in [4.78, 5) is 11.5. The van der Waals surface area contributed by atoms with Gasteiger partial charge >= 0.3 is 5.97 Å². The van der Waals surface area contributed by atoms with Crippen LogP contribution in [0.1, 0.15) is 24.5 Å². The Morgan fingerprint density at radius 3 is 3.27 bits per heavy atom. The van der Waals surface area contributed by atoms with Gasteiger partial charge in [-0.25, -0.2) is 0 Å². The fourth-order valence-electron chi connectivity index (χ4n) is 1.92. The number of nitrogens with one attached hydrogen (secondary N) is 1. The fourth-order valence-corrected chi connectivity index (χ4v) is 1.92. The van der Waals surface area contributed by atoms with Gasteiger partial charge in [0, 0.05) is 18.4 Å². The van der Waals surface area contributed by atoms with Crippen LogP contribution >= 0.6 is 0 Å². The summed E-state index contributed by atoms with van der Waals surface area (Å²) in [6, 6.07) is 0. The van der Waals surface area contributed by atoms with Gasteiger partial charge in [-0.15, -0.1) is 0 Å². The second kappa shape index (κ2) is 4.44. The molecular weight excluding hydrogens is 196 g/mol. The molecule has 0 aromatic carbocycles. The van der Waals surface area contributed by atoms with Gasteiger partial charge in [-0.1, -0.05) is 0 Å². The van der Waals surface area contributed by atoms with E-state index in [1.165, 1.54) is 7.11 Å². The first-order valence-electron chi connectivity index (χ1n) is 5.01. The number of hydrogen-bond acceptors (Lipinski definition) is 4. The Morgan fingerprint density at radius 2 is 2.60 bits per heavy atom. The third-order valence-corrected chi connectivity index (χ3v) is 2.67. The maximum Gasteiger partial charge on any atom is 0.311 e. The van der Waals surface area contributed by atoms with Crippen molar-refractivity contribution in [1.82, 2.24) is 10.2 Å². The molecule has 2 unspecified atom stereocenters. The topological polar surface area (TPSA) is 64.2 Å². The summed E-state index contributed by atoms with van der Waals surface area (Å²) < 4.78 is 10.4. The summed E-state index contributed by atoms with van der Waals surface area (Å²) >= 11 is 0. The van der Waals surface area contributed by atoms with E-state index < -0.39 is 0 Å². The first kappa shape index (κ1) is 10.2. The molecule has 5 heteroatoms. The number of esters is 1. The summed E-state index contributed by atoms with van der Waals surface area (Å²) in [6.45, 7) is 0.684. The number of nitrogens with zero attached hydrogens (tertiary/aromatic N) is 1. The van der Waals surface area contributed by atoms with E-state index in [9.17, 15) is 4.79 Å². The number of carbonyl (C=O) groups is 1. The van der Waals surface area contributed by atoms with Crippen LogP contribution in [0.5, 0.6) is 0 Å². The van der Waals surface area contributed by atoms with Crippen molar-refractivity contribution in [2.45, 2.75) is 18.9 Å². The Morgan fingerprint density at radius 1 is 1.73 bits per heavy atom. The van der Waals surface area contributed by atoms with Gasteiger partial charge in [0.05, 0.1) is 25.3 Å². The molecular formula is C10H14N2O3. The molecule has 0 aliphatic carbocycles. The van der Waals surface area contributed by atoms with Crippen LogP contribution in [0.4, 0.5) is 0 Å². The average Bonchev–Trinajstić information content (AvgIpc) is 2.81. The van der Waals surface area contributed by atoms with Crippen molar-refractivity contribution < 1.29 is 14.3 Å². The lowest BCUT2D eigenvalue weighted by molar-refractivity contribution is -0.155. The molecule has 1 N–H and O–H groups in total. The Balaban J connectivity index is 2.16. The second-order valence-corrected chi connectivity index (χ2v) is 3.59. The van der Waals surface area contributed by atoms with Crippen LogP contribution in [-0.2, 0) is 14.3 Å². The summed E-state index contributed by atoms with van der Waals surface area (Å²) in [5.41, 5.74) is 0.908. The standard InChI is InChI=1S/C10H14N2O3/c1-14-10(13)8-3-2-4-15-9(8)7-5-11-12-6-7/h5-6,8-9H,2-4H2,1H3,(H,11,12). The van der Waals surface area contributed by atoms with E-state index in [2.05, 4.69) is 10.2 Å². The summed E-state index contributed by atoms with van der Waals surface area (Å²) in [6.07, 6.45) is 4.93. The van der Waals surface area contributed by atoms with Crippen molar-refractivity contribution in [2.75, 3.05) is 13.7 Å². The molecule has 0 amide bonds. The number of ether oxygens (including phenoxy) is 2. The number of hydrogen-bond donors (Lipinski definition) is 1. The van der Waals surface area contributed by atoms with E-state index in [0.29, 0.717) is 6.61 Å². The molecule has 0 saturated carbocycles. The molecule has 15 heavy (non-hydrogen) atoms. The number of aromatic amines is 1. The lowest BCUT2D eigenvalue weighted by Crippen LogP contribution is -2.29. The molecule has 5 nitrogen and oxygen atoms in total. The average molecular weight is 210 g/mol. The molecule has 1 fully saturated rings. The van der Waals surface area contributed by atoms with Crippen molar-refractivity contribution >= 4 is 5.97 Å². The molecule has 0 bridgehead atoms. The van der Waals surface area contributed by atoms with Crippen LogP contribution in [0.15, 0.2) is 12.4 Å². The van der Waals surface area contributed by atoms with E-state index in [-0.39, 0.29) is 18.0 Å². The van der Waals surface area contributed by atoms with Crippen molar-refractivity contribution in [1.29, 1.82) is 0 Å². The first-order chi connectivity index (χ1) is 7.33. The zero-order valence-corrected chi connectivity index (χ0v) is 8.60. The molecule has 1 aromatic heterocycles. The highest BCUT2D eigenvalue weighted by Gasteiger charge is 2.34. The van der Waals surface area contributed by atoms with E-state index in [0.717, 1.165) is 18.4 Å². The van der Waals surface area contributed by atoms with Gasteiger partial charge in [-0.05, 0) is 12.8 Å². The summed E-state index contributed by atoms with van der Waals surface area (Å²) in [5, 5.41) is 6.58. The van der Waals surface area contributed by atoms with Gasteiger partial charge in [-0.3, -0.25) is 9.89 Å². The van der Waals surface area contributed by atoms with E-state index in [1.54, 1.807) is 12.4 Å². The number of methoxy groups -OCH3 is 1. The molecule has 1 aliphatic heterocycles. The van der Waals surface area contributed by atoms with Crippen LogP contribution in [0, 0.1) is 5.92 Å². The Labute approximate surface area is 87.8 Å². The number of rotatable bonds is 2. The van der Waals surface area contributed by atoms with Gasteiger partial charge in [-0.2, -0.15) is 5.10 Å². The highest BCUT2D eigenvalue weighted by Crippen LogP contribution is 2.33. The summed E-state index contributed by atoms with van der Waals surface area (Å²) in [7, 11) is 1.41. The predicted molar refractivity (Wildman–Crippen MR) is 52.0 cm³/mol. The zero-order chi connectivity index (χ0) is 10.7. The maximum absolute atomic E-state index is 11.5. The minimum absolute atomic E-state index is 0.207. The molecule has 1 aromatic rings. The highest BCUT2D eigenvalue weighted by molar-refractivity contribution is 5.73. The Bertz CT molecular complexity index is 323. The lowest BCUT2D eigenvalue weighted by Gasteiger charge is -2.28. The van der Waals surface area contributed by atoms with Gasteiger partial charge in [0.25, 0.3) is 0 Å². The predicted octanol–water partition coefficient (Wildman–Crippen LogP) is 1.05. The van der Waals surface area contributed by atoms with Crippen LogP contribution in [0.3, 0.4) is 0 Å². The smallest absolute Gasteiger partial charge is 0.311 e. The third kappa shape index (κ3) is 2.02. The van der Waals surface area contributed by atoms with E-state index in [4.69, 9.17) is 9.47 Å². The molecule has 2 rings (SSSR count). The van der Waals surface area contributed by atoms with Crippen molar-refractivity contribution in [3.8, 4) is 0 Å². The molecule has 2 heterocycles. The molecule has 1 saturated heterocycles. The number of aromatic nitrogens is 2. The molecule has 0 spiro atoms. The first-order valence-corrected chi connectivity index (χ1v) is 5.01. The summed E-state index contributed by atoms with van der Waals surface area (Å²) in [5.74, 6) is -0.415. The maximum atomic E-state index is 11.5. The van der Waals surface area contributed by atoms with E-state index >= 15 is 0 Å². The van der Waals surface area contributed by atoms with Gasteiger partial charge in [0.2, 0.25) is 0 Å². The third-order valence-electron chi connectivity index (χ3n) is 2.67. The normalized spacial score (nSPS) is 26.2. The van der Waals surface area contributed by atoms with E-state index in [1.807, 2.05) is 0 Å². The number of H-pyrrole nitrogens is 1. The van der Waals surface area contributed by atoms with Gasteiger partial charge in [0.15, 0.2) is 0 Å². The van der Waals surface area contributed by atoms with Gasteiger partial charge < -0.3 is 9.47 Å². The fraction of sp³-hybridized carbons (Fsp3) is 0.600. The van der Waals surface area contributed by atoms with Crippen LogP contribution < -0.4 is 0 Å². The quantitative estimate of drug-likeness (QED) is 0.741. The zero-order valence-electron chi connectivity index (χ0n) is 8.60. The lowest BCUT2D eigenvalue weighted by atomic mass is 9.91. The Hall–Kier alpha value is -1.36. The molecule has 82 valence electrons. The molecule has 0 radical (unpaired) electrons.